The number of hydrogen-bond acceptors (Lipinski definition) is 7. The molecule has 214 valence electrons. The van der Waals surface area contributed by atoms with Gasteiger partial charge in [0, 0.05) is 23.5 Å². The first-order chi connectivity index (χ1) is 18.3. The van der Waals surface area contributed by atoms with Crippen LogP contribution >= 0.6 is 0 Å². The largest absolute Gasteiger partial charge is 0.481 e. The van der Waals surface area contributed by atoms with E-state index in [9.17, 15) is 34.2 Å². The second kappa shape index (κ2) is 14.3. The highest BCUT2D eigenvalue weighted by atomic mass is 16.4. The third-order valence-electron chi connectivity index (χ3n) is 6.12. The number of carboxylic acids is 2. The number of aromatic amines is 1. The van der Waals surface area contributed by atoms with E-state index in [-0.39, 0.29) is 25.2 Å². The molecule has 0 saturated carbocycles. The predicted octanol–water partition coefficient (Wildman–Crippen LogP) is -0.132. The average molecular weight is 548 g/mol. The van der Waals surface area contributed by atoms with Gasteiger partial charge in [0.2, 0.25) is 17.7 Å². The molecule has 1 aromatic carbocycles. The molecule has 0 radical (unpaired) electrons. The molecule has 1 aromatic heterocycles. The Hall–Kier alpha value is -3.97. The Labute approximate surface area is 225 Å². The molecule has 0 spiro atoms. The Morgan fingerprint density at radius 1 is 0.923 bits per heavy atom. The van der Waals surface area contributed by atoms with Crippen LogP contribution in [-0.4, -0.2) is 80.2 Å². The molecule has 0 aliphatic rings. The van der Waals surface area contributed by atoms with Crippen LogP contribution in [0.15, 0.2) is 30.5 Å². The summed E-state index contributed by atoms with van der Waals surface area (Å²) in [4.78, 5) is 64.5. The smallest absolute Gasteiger partial charge is 0.328 e. The minimum atomic E-state index is -1.67. The van der Waals surface area contributed by atoms with E-state index in [2.05, 4.69) is 20.9 Å². The maximum atomic E-state index is 13.2. The van der Waals surface area contributed by atoms with E-state index < -0.39 is 66.4 Å². The van der Waals surface area contributed by atoms with Crippen molar-refractivity contribution in [3.8, 4) is 0 Å². The van der Waals surface area contributed by atoms with Crippen LogP contribution in [0.5, 0.6) is 0 Å². The maximum Gasteiger partial charge on any atom is 0.328 e. The lowest BCUT2D eigenvalue weighted by atomic mass is 10.0. The molecule has 0 aliphatic carbocycles. The Kier molecular flexibility index (Phi) is 11.4. The van der Waals surface area contributed by atoms with Crippen LogP contribution in [0.2, 0.25) is 0 Å². The van der Waals surface area contributed by atoms with Crippen molar-refractivity contribution in [2.24, 2.45) is 11.7 Å². The number of aliphatic hydroxyl groups is 1. The molecule has 2 rings (SSSR count). The van der Waals surface area contributed by atoms with Crippen LogP contribution in [0.25, 0.3) is 10.9 Å². The summed E-state index contributed by atoms with van der Waals surface area (Å²) < 4.78 is 0. The topological polar surface area (TPSA) is 224 Å². The van der Waals surface area contributed by atoms with E-state index in [4.69, 9.17) is 10.8 Å². The van der Waals surface area contributed by atoms with Crippen LogP contribution < -0.4 is 21.7 Å². The lowest BCUT2D eigenvalue weighted by Gasteiger charge is -2.26. The zero-order valence-electron chi connectivity index (χ0n) is 22.1. The molecule has 13 heteroatoms. The highest BCUT2D eigenvalue weighted by Crippen LogP contribution is 2.19. The van der Waals surface area contributed by atoms with Crippen LogP contribution in [-0.2, 0) is 30.4 Å². The molecule has 0 aliphatic heterocycles. The molecular weight excluding hydrogens is 510 g/mol. The summed E-state index contributed by atoms with van der Waals surface area (Å²) in [5.41, 5.74) is 7.87. The number of aromatic nitrogens is 1. The number of hydrogen-bond donors (Lipinski definition) is 8. The number of H-pyrrole nitrogens is 1. The number of fused-ring (bicyclic) bond motifs is 1. The van der Waals surface area contributed by atoms with E-state index in [0.29, 0.717) is 0 Å². The van der Waals surface area contributed by atoms with Crippen molar-refractivity contribution < 1.29 is 39.3 Å². The molecule has 2 aromatic rings. The van der Waals surface area contributed by atoms with Gasteiger partial charge in [0.1, 0.15) is 12.1 Å². The van der Waals surface area contributed by atoms with Gasteiger partial charge >= 0.3 is 11.9 Å². The van der Waals surface area contributed by atoms with Crippen molar-refractivity contribution in [3.63, 3.8) is 0 Å². The minimum absolute atomic E-state index is 0.0520. The molecule has 3 amide bonds. The van der Waals surface area contributed by atoms with Gasteiger partial charge in [0.15, 0.2) is 6.04 Å². The number of carbonyl (C=O) groups is 5. The third kappa shape index (κ3) is 9.37. The summed E-state index contributed by atoms with van der Waals surface area (Å²) in [6, 6.07) is 2.35. The number of aliphatic carboxylic acids is 2. The van der Waals surface area contributed by atoms with E-state index >= 15 is 0 Å². The van der Waals surface area contributed by atoms with Gasteiger partial charge in [-0.3, -0.25) is 19.2 Å². The first kappa shape index (κ1) is 31.2. The Bertz CT molecular complexity index is 1180. The molecular formula is C26H37N5O8. The van der Waals surface area contributed by atoms with Gasteiger partial charge < -0.3 is 42.0 Å². The molecule has 0 saturated heterocycles. The number of amides is 3. The highest BCUT2D eigenvalue weighted by molar-refractivity contribution is 5.94. The zero-order chi connectivity index (χ0) is 29.3. The second-order valence-electron chi connectivity index (χ2n) is 9.92. The molecule has 13 nitrogen and oxygen atoms in total. The lowest BCUT2D eigenvalue weighted by molar-refractivity contribution is -0.145. The molecule has 0 fully saturated rings. The van der Waals surface area contributed by atoms with Crippen molar-refractivity contribution in [2.45, 2.75) is 76.7 Å². The molecule has 5 unspecified atom stereocenters. The number of carbonyl (C=O) groups excluding carboxylic acids is 3. The zero-order valence-corrected chi connectivity index (χ0v) is 22.1. The third-order valence-corrected chi connectivity index (χ3v) is 6.12. The van der Waals surface area contributed by atoms with E-state index in [1.807, 2.05) is 38.1 Å². The van der Waals surface area contributed by atoms with Gasteiger partial charge in [-0.1, -0.05) is 32.0 Å². The summed E-state index contributed by atoms with van der Waals surface area (Å²) in [6.07, 6.45) is -0.141. The Balaban J connectivity index is 2.15. The summed E-state index contributed by atoms with van der Waals surface area (Å²) in [7, 11) is 0. The summed E-state index contributed by atoms with van der Waals surface area (Å²) in [6.45, 7) is 4.82. The molecule has 1 heterocycles. The van der Waals surface area contributed by atoms with Crippen LogP contribution in [0, 0.1) is 5.92 Å². The van der Waals surface area contributed by atoms with Gasteiger partial charge in [-0.2, -0.15) is 0 Å². The summed E-state index contributed by atoms with van der Waals surface area (Å²) in [5.74, 6) is -5.12. The van der Waals surface area contributed by atoms with Crippen LogP contribution in [0.4, 0.5) is 0 Å². The molecule has 5 atom stereocenters. The molecule has 0 bridgehead atoms. The quantitative estimate of drug-likeness (QED) is 0.148. The molecule has 39 heavy (non-hydrogen) atoms. The first-order valence-electron chi connectivity index (χ1n) is 12.6. The molecule has 9 N–H and O–H groups in total. The Morgan fingerprint density at radius 3 is 2.13 bits per heavy atom. The summed E-state index contributed by atoms with van der Waals surface area (Å²) >= 11 is 0. The normalized spacial score (nSPS) is 15.1. The first-order valence-corrected chi connectivity index (χ1v) is 12.6. The highest BCUT2D eigenvalue weighted by Gasteiger charge is 2.32. The number of benzene rings is 1. The number of nitrogens with one attached hydrogen (secondary N) is 4. The Morgan fingerprint density at radius 2 is 1.54 bits per heavy atom. The predicted molar refractivity (Wildman–Crippen MR) is 141 cm³/mol. The lowest BCUT2D eigenvalue weighted by Crippen LogP contribution is -2.58. The fraction of sp³-hybridized carbons (Fsp3) is 0.500. The van der Waals surface area contributed by atoms with Crippen LogP contribution in [0.1, 0.15) is 45.6 Å². The fourth-order valence-electron chi connectivity index (χ4n) is 4.06. The second-order valence-corrected chi connectivity index (χ2v) is 9.92. The van der Waals surface area contributed by atoms with Gasteiger partial charge in [-0.05, 0) is 43.7 Å². The average Bonchev–Trinajstić information content (AvgIpc) is 3.26. The monoisotopic (exact) mass is 547 g/mol. The number of carboxylic acid groups (broad SMARTS) is 2. The SMILES string of the molecule is CC(C)CC(NC(=O)C(N)Cc1c[nH]c2ccccc12)C(=O)NC(CCC(=O)O)C(=O)NC(C(=O)O)C(C)O. The van der Waals surface area contributed by atoms with Crippen molar-refractivity contribution in [1.29, 1.82) is 0 Å². The number of para-hydroxylation sites is 1. The summed E-state index contributed by atoms with van der Waals surface area (Å²) in [5, 5.41) is 36.1. The van der Waals surface area contributed by atoms with E-state index in [1.165, 1.54) is 0 Å². The fourth-order valence-corrected chi connectivity index (χ4v) is 4.06. The van der Waals surface area contributed by atoms with Gasteiger partial charge in [0.05, 0.1) is 12.1 Å². The van der Waals surface area contributed by atoms with Crippen molar-refractivity contribution >= 4 is 40.6 Å². The standard InChI is InChI=1S/C26H37N5O8/c1-13(2)10-20(30-23(35)17(27)11-15-12-28-18-7-5-4-6-16(15)18)25(37)29-19(8-9-21(33)34)24(36)31-22(14(3)32)26(38)39/h4-7,12-14,17,19-20,22,28,32H,8-11,27H2,1-3H3,(H,29,37)(H,30,35)(H,31,36)(H,33,34)(H,38,39). The van der Waals surface area contributed by atoms with Gasteiger partial charge in [-0.25, -0.2) is 4.79 Å². The van der Waals surface area contributed by atoms with Crippen LogP contribution in [0.3, 0.4) is 0 Å². The van der Waals surface area contributed by atoms with Crippen molar-refractivity contribution in [1.82, 2.24) is 20.9 Å². The number of aliphatic hydroxyl groups excluding tert-OH is 1. The number of nitrogens with two attached hydrogens (primary N) is 1. The number of rotatable bonds is 15. The van der Waals surface area contributed by atoms with E-state index in [1.54, 1.807) is 6.20 Å². The van der Waals surface area contributed by atoms with E-state index in [0.717, 1.165) is 23.4 Å². The van der Waals surface area contributed by atoms with Crippen molar-refractivity contribution in [2.75, 3.05) is 0 Å². The van der Waals surface area contributed by atoms with Gasteiger partial charge in [0.25, 0.3) is 0 Å². The van der Waals surface area contributed by atoms with Gasteiger partial charge in [-0.15, -0.1) is 0 Å². The maximum absolute atomic E-state index is 13.2. The minimum Gasteiger partial charge on any atom is -0.481 e. The van der Waals surface area contributed by atoms with Crippen molar-refractivity contribution in [3.05, 3.63) is 36.0 Å².